The number of rotatable bonds is 6. The van der Waals surface area contributed by atoms with Crippen LogP contribution in [-0.4, -0.2) is 31.5 Å². The van der Waals surface area contributed by atoms with Crippen LogP contribution >= 0.6 is 0 Å². The van der Waals surface area contributed by atoms with Gasteiger partial charge in [-0.05, 0) is 31.0 Å². The van der Waals surface area contributed by atoms with Gasteiger partial charge in [-0.15, -0.1) is 0 Å². The fraction of sp³-hybridized carbons (Fsp3) is 0.538. The molecule has 96 valence electrons. The Hall–Kier alpha value is -1.10. The van der Waals surface area contributed by atoms with Gasteiger partial charge in [-0.3, -0.25) is 0 Å². The Balaban J connectivity index is 2.60. The molecule has 0 aliphatic heterocycles. The first-order chi connectivity index (χ1) is 8.04. The molecule has 0 saturated heterocycles. The highest BCUT2D eigenvalue weighted by Crippen LogP contribution is 2.21. The third-order valence-electron chi connectivity index (χ3n) is 2.52. The summed E-state index contributed by atoms with van der Waals surface area (Å²) in [6, 6.07) is 5.84. The zero-order valence-electron chi connectivity index (χ0n) is 10.6. The van der Waals surface area contributed by atoms with Gasteiger partial charge in [0.25, 0.3) is 0 Å². The first kappa shape index (κ1) is 14.0. The molecule has 0 aliphatic rings. The van der Waals surface area contributed by atoms with Gasteiger partial charge in [-0.2, -0.15) is 0 Å². The number of aliphatic hydroxyl groups is 1. The molecule has 0 saturated carbocycles. The largest absolute Gasteiger partial charge is 0.491 e. The van der Waals surface area contributed by atoms with Crippen molar-refractivity contribution in [1.29, 1.82) is 0 Å². The van der Waals surface area contributed by atoms with E-state index in [2.05, 4.69) is 0 Å². The number of hydrogen-bond donors (Lipinski definition) is 2. The highest BCUT2D eigenvalue weighted by molar-refractivity contribution is 5.37. The highest BCUT2D eigenvalue weighted by Gasteiger charge is 2.07. The van der Waals surface area contributed by atoms with E-state index in [-0.39, 0.29) is 19.3 Å². The van der Waals surface area contributed by atoms with Crippen molar-refractivity contribution in [2.45, 2.75) is 26.0 Å². The van der Waals surface area contributed by atoms with Crippen molar-refractivity contribution < 1.29 is 14.6 Å². The van der Waals surface area contributed by atoms with Gasteiger partial charge in [0.1, 0.15) is 18.5 Å². The summed E-state index contributed by atoms with van der Waals surface area (Å²) in [6.07, 6.45) is -0.604. The second-order valence-electron chi connectivity index (χ2n) is 4.23. The van der Waals surface area contributed by atoms with E-state index in [4.69, 9.17) is 15.2 Å². The van der Waals surface area contributed by atoms with Crippen LogP contribution in [0.25, 0.3) is 0 Å². The standard InChI is InChI=1S/C13H21NO3/c1-9-6-11(10(2)14)4-5-13(9)17-8-12(15)7-16-3/h4-6,10,12,15H,7-8,14H2,1-3H3/t10-,12?/m1/s1. The van der Waals surface area contributed by atoms with Crippen molar-refractivity contribution in [3.05, 3.63) is 29.3 Å². The smallest absolute Gasteiger partial charge is 0.122 e. The lowest BCUT2D eigenvalue weighted by Gasteiger charge is -2.14. The highest BCUT2D eigenvalue weighted by atomic mass is 16.5. The van der Waals surface area contributed by atoms with E-state index in [0.29, 0.717) is 0 Å². The molecule has 4 nitrogen and oxygen atoms in total. The van der Waals surface area contributed by atoms with Crippen LogP contribution in [0.2, 0.25) is 0 Å². The summed E-state index contributed by atoms with van der Waals surface area (Å²) in [5.41, 5.74) is 7.89. The summed E-state index contributed by atoms with van der Waals surface area (Å²) in [6.45, 7) is 4.41. The second kappa shape index (κ2) is 6.59. The number of nitrogens with two attached hydrogens (primary N) is 1. The van der Waals surface area contributed by atoms with E-state index in [1.54, 1.807) is 7.11 Å². The molecule has 0 aromatic heterocycles. The quantitative estimate of drug-likeness (QED) is 0.787. The summed E-state index contributed by atoms with van der Waals surface area (Å²) < 4.78 is 10.3. The average molecular weight is 239 g/mol. The number of ether oxygens (including phenoxy) is 2. The maximum atomic E-state index is 9.47. The summed E-state index contributed by atoms with van der Waals surface area (Å²) in [5, 5.41) is 9.47. The van der Waals surface area contributed by atoms with Crippen molar-refractivity contribution in [2.75, 3.05) is 20.3 Å². The van der Waals surface area contributed by atoms with E-state index < -0.39 is 6.10 Å². The van der Waals surface area contributed by atoms with Crippen molar-refractivity contribution in [3.63, 3.8) is 0 Å². The molecular formula is C13H21NO3. The van der Waals surface area contributed by atoms with E-state index in [1.165, 1.54) is 0 Å². The van der Waals surface area contributed by atoms with Crippen LogP contribution in [0.1, 0.15) is 24.1 Å². The predicted molar refractivity (Wildman–Crippen MR) is 67.2 cm³/mol. The number of aliphatic hydroxyl groups excluding tert-OH is 1. The molecule has 0 aliphatic carbocycles. The summed E-state index contributed by atoms with van der Waals surface area (Å²) in [4.78, 5) is 0. The third-order valence-corrected chi connectivity index (χ3v) is 2.52. The predicted octanol–water partition coefficient (Wildman–Crippen LogP) is 1.40. The number of methoxy groups -OCH3 is 1. The molecule has 3 N–H and O–H groups in total. The normalized spacial score (nSPS) is 14.4. The van der Waals surface area contributed by atoms with E-state index in [0.717, 1.165) is 16.9 Å². The zero-order valence-corrected chi connectivity index (χ0v) is 10.6. The van der Waals surface area contributed by atoms with Crippen LogP contribution in [0.3, 0.4) is 0 Å². The Morgan fingerprint density at radius 3 is 2.59 bits per heavy atom. The molecule has 1 unspecified atom stereocenters. The molecule has 1 aromatic rings. The maximum absolute atomic E-state index is 9.47. The Kier molecular flexibility index (Phi) is 5.41. The second-order valence-corrected chi connectivity index (χ2v) is 4.23. The average Bonchev–Trinajstić information content (AvgIpc) is 2.27. The zero-order chi connectivity index (χ0) is 12.8. The molecule has 0 radical (unpaired) electrons. The van der Waals surface area contributed by atoms with Crippen molar-refractivity contribution >= 4 is 0 Å². The molecule has 0 spiro atoms. The van der Waals surface area contributed by atoms with Gasteiger partial charge < -0.3 is 20.3 Å². The molecule has 4 heteroatoms. The van der Waals surface area contributed by atoms with Crippen LogP contribution in [0.5, 0.6) is 5.75 Å². The number of benzene rings is 1. The monoisotopic (exact) mass is 239 g/mol. The Labute approximate surface area is 102 Å². The van der Waals surface area contributed by atoms with Gasteiger partial charge >= 0.3 is 0 Å². The number of aryl methyl sites for hydroxylation is 1. The SMILES string of the molecule is COCC(O)COc1ccc([C@@H](C)N)cc1C. The van der Waals surface area contributed by atoms with Gasteiger partial charge in [0.15, 0.2) is 0 Å². The molecular weight excluding hydrogens is 218 g/mol. The number of hydrogen-bond acceptors (Lipinski definition) is 4. The van der Waals surface area contributed by atoms with Crippen LogP contribution in [-0.2, 0) is 4.74 Å². The van der Waals surface area contributed by atoms with Crippen LogP contribution in [0.15, 0.2) is 18.2 Å². The van der Waals surface area contributed by atoms with Crippen LogP contribution in [0, 0.1) is 6.92 Å². The fourth-order valence-electron chi connectivity index (χ4n) is 1.54. The molecule has 2 atom stereocenters. The Morgan fingerprint density at radius 2 is 2.06 bits per heavy atom. The summed E-state index contributed by atoms with van der Waals surface area (Å²) in [5.74, 6) is 0.768. The molecule has 0 heterocycles. The minimum absolute atomic E-state index is 0.0156. The minimum Gasteiger partial charge on any atom is -0.491 e. The van der Waals surface area contributed by atoms with E-state index in [9.17, 15) is 5.11 Å². The fourth-order valence-corrected chi connectivity index (χ4v) is 1.54. The summed E-state index contributed by atoms with van der Waals surface area (Å²) >= 11 is 0. The Bertz CT molecular complexity index is 353. The van der Waals surface area contributed by atoms with E-state index >= 15 is 0 Å². The molecule has 0 fully saturated rings. The van der Waals surface area contributed by atoms with Gasteiger partial charge in [0.05, 0.1) is 6.61 Å². The van der Waals surface area contributed by atoms with E-state index in [1.807, 2.05) is 32.0 Å². The first-order valence-corrected chi connectivity index (χ1v) is 5.70. The third kappa shape index (κ3) is 4.34. The molecule has 17 heavy (non-hydrogen) atoms. The van der Waals surface area contributed by atoms with Gasteiger partial charge in [-0.25, -0.2) is 0 Å². The van der Waals surface area contributed by atoms with Gasteiger partial charge in [0, 0.05) is 13.2 Å². The van der Waals surface area contributed by atoms with Crippen LogP contribution < -0.4 is 10.5 Å². The first-order valence-electron chi connectivity index (χ1n) is 5.70. The summed E-state index contributed by atoms with van der Waals surface area (Å²) in [7, 11) is 1.55. The maximum Gasteiger partial charge on any atom is 0.122 e. The van der Waals surface area contributed by atoms with Crippen molar-refractivity contribution in [2.24, 2.45) is 5.73 Å². The van der Waals surface area contributed by atoms with Crippen LogP contribution in [0.4, 0.5) is 0 Å². The topological polar surface area (TPSA) is 64.7 Å². The lowest BCUT2D eigenvalue weighted by Crippen LogP contribution is -2.22. The molecule has 1 rings (SSSR count). The van der Waals surface area contributed by atoms with Crippen molar-refractivity contribution in [3.8, 4) is 5.75 Å². The molecule has 0 amide bonds. The van der Waals surface area contributed by atoms with Gasteiger partial charge in [0.2, 0.25) is 0 Å². The van der Waals surface area contributed by atoms with Crippen molar-refractivity contribution in [1.82, 2.24) is 0 Å². The lowest BCUT2D eigenvalue weighted by atomic mass is 10.1. The molecule has 0 bridgehead atoms. The van der Waals surface area contributed by atoms with Gasteiger partial charge in [-0.1, -0.05) is 12.1 Å². The minimum atomic E-state index is -0.604. The lowest BCUT2D eigenvalue weighted by molar-refractivity contribution is 0.0324. The Morgan fingerprint density at radius 1 is 1.35 bits per heavy atom. The molecule has 1 aromatic carbocycles.